The van der Waals surface area contributed by atoms with Gasteiger partial charge in [0, 0.05) is 18.6 Å². The second-order valence-electron chi connectivity index (χ2n) is 9.59. The van der Waals surface area contributed by atoms with Crippen LogP contribution >= 0.6 is 0 Å². The molecule has 0 aliphatic carbocycles. The van der Waals surface area contributed by atoms with E-state index in [1.807, 2.05) is 0 Å². The highest BCUT2D eigenvalue weighted by Crippen LogP contribution is 2.26. The van der Waals surface area contributed by atoms with Crippen molar-refractivity contribution in [3.8, 4) is 0 Å². The number of furan rings is 1. The van der Waals surface area contributed by atoms with Gasteiger partial charge in [0.1, 0.15) is 24.2 Å². The largest absolute Gasteiger partial charge is 0.465 e. The summed E-state index contributed by atoms with van der Waals surface area (Å²) in [4.78, 5) is 42.9. The highest BCUT2D eigenvalue weighted by atomic mass is 19.1. The summed E-state index contributed by atoms with van der Waals surface area (Å²) < 4.78 is 29.9. The standard InChI is InChI=1S/C26H34FN3O6/c1-5-35-22(31)17-30(23(24(32)28-26(2,3)4)18-6-8-19(27)9-7-18)25(33)21-11-10-20(36-21)16-29-12-14-34-15-13-29/h6-11,23H,5,12-17H2,1-4H3,(H,28,32)/t23-/m0/s1. The maximum Gasteiger partial charge on any atom is 0.325 e. The van der Waals surface area contributed by atoms with Crippen molar-refractivity contribution in [2.24, 2.45) is 0 Å². The summed E-state index contributed by atoms with van der Waals surface area (Å²) in [6.07, 6.45) is 0. The van der Waals surface area contributed by atoms with Crippen LogP contribution in [0.1, 0.15) is 55.6 Å². The van der Waals surface area contributed by atoms with E-state index in [1.54, 1.807) is 33.8 Å². The van der Waals surface area contributed by atoms with Gasteiger partial charge in [0.2, 0.25) is 5.91 Å². The van der Waals surface area contributed by atoms with Crippen molar-refractivity contribution in [1.82, 2.24) is 15.1 Å². The fourth-order valence-corrected chi connectivity index (χ4v) is 3.88. The van der Waals surface area contributed by atoms with Crippen molar-refractivity contribution < 1.29 is 32.7 Å². The van der Waals surface area contributed by atoms with E-state index in [-0.39, 0.29) is 12.4 Å². The lowest BCUT2D eigenvalue weighted by Crippen LogP contribution is -2.50. The van der Waals surface area contributed by atoms with Crippen LogP contribution in [-0.2, 0) is 25.6 Å². The van der Waals surface area contributed by atoms with Gasteiger partial charge in [0.05, 0.1) is 26.4 Å². The van der Waals surface area contributed by atoms with E-state index in [1.165, 1.54) is 30.3 Å². The molecule has 1 fully saturated rings. The summed E-state index contributed by atoms with van der Waals surface area (Å²) in [5.41, 5.74) is -0.278. The smallest absolute Gasteiger partial charge is 0.325 e. The Morgan fingerprint density at radius 3 is 2.39 bits per heavy atom. The fourth-order valence-electron chi connectivity index (χ4n) is 3.88. The van der Waals surface area contributed by atoms with Crippen LogP contribution in [0.2, 0.25) is 0 Å². The first-order chi connectivity index (χ1) is 17.1. The Bertz CT molecular complexity index is 1040. The molecule has 36 heavy (non-hydrogen) atoms. The van der Waals surface area contributed by atoms with E-state index < -0.39 is 41.7 Å². The van der Waals surface area contributed by atoms with E-state index >= 15 is 0 Å². The monoisotopic (exact) mass is 503 g/mol. The number of nitrogens with one attached hydrogen (secondary N) is 1. The van der Waals surface area contributed by atoms with Crippen LogP contribution in [0.5, 0.6) is 0 Å². The number of halogens is 1. The summed E-state index contributed by atoms with van der Waals surface area (Å²) in [6.45, 7) is 9.92. The third-order valence-corrected chi connectivity index (χ3v) is 5.47. The Hall–Kier alpha value is -3.24. The van der Waals surface area contributed by atoms with Crippen molar-refractivity contribution in [3.63, 3.8) is 0 Å². The Labute approximate surface area is 210 Å². The first-order valence-corrected chi connectivity index (χ1v) is 12.0. The number of benzene rings is 1. The number of amides is 2. The molecule has 1 saturated heterocycles. The summed E-state index contributed by atoms with van der Waals surface area (Å²) in [5, 5.41) is 2.86. The van der Waals surface area contributed by atoms with Crippen molar-refractivity contribution in [2.75, 3.05) is 39.5 Å². The molecule has 0 saturated carbocycles. The quantitative estimate of drug-likeness (QED) is 0.525. The van der Waals surface area contributed by atoms with Gasteiger partial charge in [-0.3, -0.25) is 19.3 Å². The zero-order valence-electron chi connectivity index (χ0n) is 21.2. The number of rotatable bonds is 9. The van der Waals surface area contributed by atoms with Gasteiger partial charge in [0.15, 0.2) is 5.76 Å². The van der Waals surface area contributed by atoms with Crippen LogP contribution in [0.3, 0.4) is 0 Å². The minimum atomic E-state index is -1.23. The van der Waals surface area contributed by atoms with Crippen molar-refractivity contribution in [1.29, 1.82) is 0 Å². The lowest BCUT2D eigenvalue weighted by atomic mass is 10.0. The van der Waals surface area contributed by atoms with Gasteiger partial charge in [-0.05, 0) is 57.5 Å². The third kappa shape index (κ3) is 7.63. The molecule has 0 bridgehead atoms. The lowest BCUT2D eigenvalue weighted by molar-refractivity contribution is -0.145. The van der Waals surface area contributed by atoms with Crippen molar-refractivity contribution in [3.05, 3.63) is 59.3 Å². The molecule has 1 aliphatic rings. The summed E-state index contributed by atoms with van der Waals surface area (Å²) >= 11 is 0. The summed E-state index contributed by atoms with van der Waals surface area (Å²) in [6, 6.07) is 7.24. The Morgan fingerprint density at radius 2 is 1.78 bits per heavy atom. The van der Waals surface area contributed by atoms with Gasteiger partial charge in [-0.2, -0.15) is 0 Å². The molecule has 1 aromatic carbocycles. The predicted octanol–water partition coefficient (Wildman–Crippen LogP) is 2.91. The van der Waals surface area contributed by atoms with Gasteiger partial charge in [0.25, 0.3) is 5.91 Å². The molecule has 1 N–H and O–H groups in total. The van der Waals surface area contributed by atoms with E-state index in [4.69, 9.17) is 13.9 Å². The SMILES string of the molecule is CCOC(=O)CN(C(=O)c1ccc(CN2CCOCC2)o1)[C@H](C(=O)NC(C)(C)C)c1ccc(F)cc1. The number of esters is 1. The molecule has 1 atom stereocenters. The number of nitrogens with zero attached hydrogens (tertiary/aromatic N) is 2. The molecule has 1 aromatic heterocycles. The zero-order valence-corrected chi connectivity index (χ0v) is 21.2. The van der Waals surface area contributed by atoms with Gasteiger partial charge in [-0.15, -0.1) is 0 Å². The summed E-state index contributed by atoms with van der Waals surface area (Å²) in [7, 11) is 0. The van der Waals surface area contributed by atoms with Gasteiger partial charge < -0.3 is 24.1 Å². The normalized spacial score (nSPS) is 15.2. The predicted molar refractivity (Wildman–Crippen MR) is 130 cm³/mol. The molecule has 2 heterocycles. The molecule has 10 heteroatoms. The molecule has 2 aromatic rings. The highest BCUT2D eigenvalue weighted by molar-refractivity contribution is 5.98. The van der Waals surface area contributed by atoms with Crippen LogP contribution in [0.15, 0.2) is 40.8 Å². The van der Waals surface area contributed by atoms with Crippen molar-refractivity contribution >= 4 is 17.8 Å². The Balaban J connectivity index is 1.95. The average Bonchev–Trinajstić information content (AvgIpc) is 3.27. The molecule has 0 radical (unpaired) electrons. The van der Waals surface area contributed by atoms with Gasteiger partial charge >= 0.3 is 5.97 Å². The molecule has 0 spiro atoms. The topological polar surface area (TPSA) is 101 Å². The van der Waals surface area contributed by atoms with Crippen LogP contribution in [0, 0.1) is 5.82 Å². The number of carbonyl (C=O) groups is 3. The maximum absolute atomic E-state index is 13.7. The maximum atomic E-state index is 13.7. The zero-order chi connectivity index (χ0) is 26.3. The van der Waals surface area contributed by atoms with Crippen LogP contribution in [-0.4, -0.2) is 72.6 Å². The van der Waals surface area contributed by atoms with Crippen LogP contribution < -0.4 is 5.32 Å². The first-order valence-electron chi connectivity index (χ1n) is 12.0. The Morgan fingerprint density at radius 1 is 1.11 bits per heavy atom. The number of carbonyl (C=O) groups excluding carboxylic acids is 3. The van der Waals surface area contributed by atoms with Gasteiger partial charge in [-0.25, -0.2) is 4.39 Å². The third-order valence-electron chi connectivity index (χ3n) is 5.47. The average molecular weight is 504 g/mol. The van der Waals surface area contributed by atoms with Crippen molar-refractivity contribution in [2.45, 2.75) is 45.8 Å². The minimum absolute atomic E-state index is 0.0155. The van der Waals surface area contributed by atoms with E-state index in [9.17, 15) is 18.8 Å². The molecular weight excluding hydrogens is 469 g/mol. The van der Waals surface area contributed by atoms with E-state index in [0.29, 0.717) is 31.1 Å². The molecule has 1 aliphatic heterocycles. The second kappa shape index (κ2) is 12.1. The number of morpholine rings is 1. The summed E-state index contributed by atoms with van der Waals surface area (Å²) in [5.74, 6) is -1.79. The highest BCUT2D eigenvalue weighted by Gasteiger charge is 2.36. The molecule has 9 nitrogen and oxygen atoms in total. The molecular formula is C26H34FN3O6. The molecule has 0 unspecified atom stereocenters. The molecule has 2 amide bonds. The number of ether oxygens (including phenoxy) is 2. The van der Waals surface area contributed by atoms with Gasteiger partial charge in [-0.1, -0.05) is 12.1 Å². The fraction of sp³-hybridized carbons (Fsp3) is 0.500. The molecule has 3 rings (SSSR count). The van der Waals surface area contributed by atoms with Crippen LogP contribution in [0.25, 0.3) is 0 Å². The lowest BCUT2D eigenvalue weighted by Gasteiger charge is -2.32. The van der Waals surface area contributed by atoms with E-state index in [0.717, 1.165) is 18.0 Å². The van der Waals surface area contributed by atoms with E-state index in [2.05, 4.69) is 10.2 Å². The second-order valence-corrected chi connectivity index (χ2v) is 9.59. The Kier molecular flexibility index (Phi) is 9.22. The minimum Gasteiger partial charge on any atom is -0.465 e. The number of hydrogen-bond donors (Lipinski definition) is 1. The number of hydrogen-bond acceptors (Lipinski definition) is 7. The first kappa shape index (κ1) is 27.3. The van der Waals surface area contributed by atoms with Crippen LogP contribution in [0.4, 0.5) is 4.39 Å². The molecule has 196 valence electrons.